The maximum atomic E-state index is 13.4. The molecule has 2 fully saturated rings. The van der Waals surface area contributed by atoms with Gasteiger partial charge in [-0.25, -0.2) is 0 Å². The van der Waals surface area contributed by atoms with Crippen LogP contribution in [0.3, 0.4) is 0 Å². The van der Waals surface area contributed by atoms with E-state index in [1.54, 1.807) is 24.3 Å². The highest BCUT2D eigenvalue weighted by Crippen LogP contribution is 2.28. The summed E-state index contributed by atoms with van der Waals surface area (Å²) in [7, 11) is 0. The van der Waals surface area contributed by atoms with Crippen molar-refractivity contribution in [1.29, 1.82) is 0 Å². The van der Waals surface area contributed by atoms with E-state index in [0.29, 0.717) is 18.7 Å². The number of likely N-dealkylation sites (tertiary alicyclic amines) is 1. The zero-order valence-electron chi connectivity index (χ0n) is 17.9. The highest BCUT2D eigenvalue weighted by Gasteiger charge is 2.48. The van der Waals surface area contributed by atoms with E-state index >= 15 is 0 Å². The maximum absolute atomic E-state index is 13.4. The van der Waals surface area contributed by atoms with E-state index in [4.69, 9.17) is 10.5 Å². The van der Waals surface area contributed by atoms with Crippen molar-refractivity contribution in [2.24, 2.45) is 0 Å². The van der Waals surface area contributed by atoms with Gasteiger partial charge in [0.05, 0.1) is 6.10 Å². The number of carbonyl (C=O) groups is 3. The number of ether oxygens (including phenoxy) is 2. The normalized spacial score (nSPS) is 20.7. The van der Waals surface area contributed by atoms with Gasteiger partial charge < -0.3 is 25.4 Å². The number of Topliss-reactive ketones (excluding diaryl/α,β-unsaturated/α-hetero) is 1. The molecule has 0 aromatic heterocycles. The molecule has 180 valence electrons. The van der Waals surface area contributed by atoms with Gasteiger partial charge in [0.1, 0.15) is 24.4 Å². The Morgan fingerprint density at radius 2 is 1.82 bits per heavy atom. The van der Waals surface area contributed by atoms with Crippen molar-refractivity contribution in [2.75, 3.05) is 18.9 Å². The van der Waals surface area contributed by atoms with E-state index < -0.39 is 36.0 Å². The molecule has 3 atom stereocenters. The first-order valence-corrected chi connectivity index (χ1v) is 10.6. The largest absolute Gasteiger partial charge is 0.573 e. The van der Waals surface area contributed by atoms with Crippen LogP contribution in [-0.4, -0.2) is 60.2 Å². The van der Waals surface area contributed by atoms with Crippen LogP contribution in [0.2, 0.25) is 0 Å². The molecule has 2 aromatic rings. The highest BCUT2D eigenvalue weighted by molar-refractivity contribution is 5.99. The van der Waals surface area contributed by atoms with Crippen LogP contribution < -0.4 is 15.8 Å². The standard InChI is InChI=1S/C23H22F3N3O5/c24-23(25,26)34-16-7-3-14(4-8-16)21(31)28-17(11-13-1-5-15(27)6-2-13)22(32)29-10-9-19-20(29)18(30)12-33-19/h1-8,17,19-20H,9-12,27H2,(H,28,31). The second-order valence-corrected chi connectivity index (χ2v) is 8.12. The van der Waals surface area contributed by atoms with Crippen molar-refractivity contribution in [1.82, 2.24) is 10.2 Å². The lowest BCUT2D eigenvalue weighted by atomic mass is 10.0. The summed E-state index contributed by atoms with van der Waals surface area (Å²) >= 11 is 0. The number of halogens is 3. The van der Waals surface area contributed by atoms with Crippen molar-refractivity contribution in [3.8, 4) is 5.75 Å². The van der Waals surface area contributed by atoms with Crippen molar-refractivity contribution in [3.63, 3.8) is 0 Å². The fraction of sp³-hybridized carbons (Fsp3) is 0.348. The number of nitrogens with two attached hydrogens (primary N) is 1. The number of amides is 2. The predicted octanol–water partition coefficient (Wildman–Crippen LogP) is 2.08. The second kappa shape index (κ2) is 9.34. The number of anilines is 1. The van der Waals surface area contributed by atoms with Crippen molar-refractivity contribution in [2.45, 2.75) is 37.4 Å². The summed E-state index contributed by atoms with van der Waals surface area (Å²) in [5.74, 6) is -1.75. The summed E-state index contributed by atoms with van der Waals surface area (Å²) in [4.78, 5) is 40.0. The molecule has 2 aromatic carbocycles. The summed E-state index contributed by atoms with van der Waals surface area (Å²) in [6.07, 6.45) is -4.56. The van der Waals surface area contributed by atoms with E-state index in [1.807, 2.05) is 0 Å². The highest BCUT2D eigenvalue weighted by atomic mass is 19.4. The molecule has 0 spiro atoms. The molecule has 0 bridgehead atoms. The van der Waals surface area contributed by atoms with Gasteiger partial charge in [0, 0.05) is 24.2 Å². The molecule has 0 saturated carbocycles. The minimum atomic E-state index is -4.85. The lowest BCUT2D eigenvalue weighted by Crippen LogP contribution is -2.53. The van der Waals surface area contributed by atoms with Crippen molar-refractivity contribution in [3.05, 3.63) is 59.7 Å². The maximum Gasteiger partial charge on any atom is 0.573 e. The van der Waals surface area contributed by atoms with Gasteiger partial charge in [-0.3, -0.25) is 14.4 Å². The molecule has 2 saturated heterocycles. The molecule has 0 aliphatic carbocycles. The van der Waals surface area contributed by atoms with Crippen LogP contribution in [0.1, 0.15) is 22.3 Å². The van der Waals surface area contributed by atoms with E-state index in [1.165, 1.54) is 17.0 Å². The summed E-state index contributed by atoms with van der Waals surface area (Å²) < 4.78 is 46.4. The van der Waals surface area contributed by atoms with Crippen LogP contribution in [0, 0.1) is 0 Å². The molecule has 2 aliphatic heterocycles. The Bertz CT molecular complexity index is 1070. The van der Waals surface area contributed by atoms with Crippen molar-refractivity contribution >= 4 is 23.3 Å². The zero-order chi connectivity index (χ0) is 24.5. The summed E-state index contributed by atoms with van der Waals surface area (Å²) in [5.41, 5.74) is 7.03. The Morgan fingerprint density at radius 1 is 1.15 bits per heavy atom. The number of hydrogen-bond acceptors (Lipinski definition) is 6. The number of carbonyl (C=O) groups excluding carboxylic acids is 3. The molecule has 4 rings (SSSR count). The molecule has 0 radical (unpaired) electrons. The molecule has 3 N–H and O–H groups in total. The molecule has 8 nitrogen and oxygen atoms in total. The van der Waals surface area contributed by atoms with E-state index in [-0.39, 0.29) is 30.5 Å². The second-order valence-electron chi connectivity index (χ2n) is 8.12. The zero-order valence-corrected chi connectivity index (χ0v) is 17.9. The van der Waals surface area contributed by atoms with Crippen LogP contribution in [0.4, 0.5) is 18.9 Å². The van der Waals surface area contributed by atoms with Gasteiger partial charge in [-0.2, -0.15) is 0 Å². The van der Waals surface area contributed by atoms with Gasteiger partial charge in [0.2, 0.25) is 5.91 Å². The SMILES string of the molecule is Nc1ccc(CC(NC(=O)c2ccc(OC(F)(F)F)cc2)C(=O)N2CCC3OCC(=O)C32)cc1. The number of nitrogens with zero attached hydrogens (tertiary/aromatic N) is 1. The van der Waals surface area contributed by atoms with Crippen LogP contribution in [0.15, 0.2) is 48.5 Å². The number of hydrogen-bond donors (Lipinski definition) is 2. The fourth-order valence-corrected chi connectivity index (χ4v) is 4.18. The van der Waals surface area contributed by atoms with Crippen LogP contribution in [0.25, 0.3) is 0 Å². The Balaban J connectivity index is 1.53. The number of rotatable bonds is 6. The lowest BCUT2D eigenvalue weighted by Gasteiger charge is -2.27. The average molecular weight is 477 g/mol. The molecule has 11 heteroatoms. The minimum Gasteiger partial charge on any atom is -0.406 e. The molecule has 2 heterocycles. The third kappa shape index (κ3) is 5.30. The average Bonchev–Trinajstić information content (AvgIpc) is 3.36. The number of fused-ring (bicyclic) bond motifs is 1. The van der Waals surface area contributed by atoms with Crippen LogP contribution >= 0.6 is 0 Å². The third-order valence-electron chi connectivity index (χ3n) is 5.77. The first-order chi connectivity index (χ1) is 16.1. The molecule has 2 amide bonds. The summed E-state index contributed by atoms with van der Waals surface area (Å²) in [6.45, 7) is 0.262. The van der Waals surface area contributed by atoms with Gasteiger partial charge in [-0.1, -0.05) is 12.1 Å². The van der Waals surface area contributed by atoms with Gasteiger partial charge in [0.25, 0.3) is 5.91 Å². The molecule has 3 unspecified atom stereocenters. The minimum absolute atomic E-state index is 0.0456. The van der Waals surface area contributed by atoms with Gasteiger partial charge >= 0.3 is 6.36 Å². The number of benzene rings is 2. The molecule has 34 heavy (non-hydrogen) atoms. The molecular weight excluding hydrogens is 455 g/mol. The van der Waals surface area contributed by atoms with E-state index in [2.05, 4.69) is 10.1 Å². The quantitative estimate of drug-likeness (QED) is 0.617. The Hall–Kier alpha value is -3.60. The van der Waals surface area contributed by atoms with Gasteiger partial charge in [-0.05, 0) is 48.4 Å². The summed E-state index contributed by atoms with van der Waals surface area (Å²) in [6, 6.07) is 9.44. The van der Waals surface area contributed by atoms with Crippen molar-refractivity contribution < 1.29 is 37.0 Å². The number of ketones is 1. The third-order valence-corrected chi connectivity index (χ3v) is 5.77. The predicted molar refractivity (Wildman–Crippen MR) is 114 cm³/mol. The monoisotopic (exact) mass is 477 g/mol. The topological polar surface area (TPSA) is 111 Å². The Labute approximate surface area is 192 Å². The number of alkyl halides is 3. The van der Waals surface area contributed by atoms with Crippen LogP contribution in [0.5, 0.6) is 5.75 Å². The fourth-order valence-electron chi connectivity index (χ4n) is 4.18. The lowest BCUT2D eigenvalue weighted by molar-refractivity contribution is -0.274. The Kier molecular flexibility index (Phi) is 6.47. The Morgan fingerprint density at radius 3 is 2.47 bits per heavy atom. The smallest absolute Gasteiger partial charge is 0.406 e. The number of nitrogens with one attached hydrogen (secondary N) is 1. The van der Waals surface area contributed by atoms with E-state index in [9.17, 15) is 27.6 Å². The van der Waals surface area contributed by atoms with Gasteiger partial charge in [0.15, 0.2) is 5.78 Å². The summed E-state index contributed by atoms with van der Waals surface area (Å²) in [5, 5.41) is 2.66. The first-order valence-electron chi connectivity index (χ1n) is 10.6. The van der Waals surface area contributed by atoms with E-state index in [0.717, 1.165) is 17.7 Å². The molecular formula is C23H22F3N3O5. The van der Waals surface area contributed by atoms with Crippen LogP contribution in [-0.2, 0) is 20.7 Å². The number of nitrogen functional groups attached to an aromatic ring is 1. The molecule has 2 aliphatic rings. The first kappa shape index (κ1) is 23.6. The van der Waals surface area contributed by atoms with Gasteiger partial charge in [-0.15, -0.1) is 13.2 Å².